The van der Waals surface area contributed by atoms with Crippen molar-refractivity contribution in [3.8, 4) is 0 Å². The van der Waals surface area contributed by atoms with Crippen molar-refractivity contribution in [1.29, 1.82) is 0 Å². The van der Waals surface area contributed by atoms with Crippen molar-refractivity contribution in [3.63, 3.8) is 0 Å². The topological polar surface area (TPSA) is 35.6 Å². The molecule has 0 unspecified atom stereocenters. The number of nitrogens with zero attached hydrogens (tertiary/aromatic N) is 2. The van der Waals surface area contributed by atoms with Crippen LogP contribution in [0.2, 0.25) is 0 Å². The number of nitrogens with one attached hydrogen (secondary N) is 1. The summed E-state index contributed by atoms with van der Waals surface area (Å²) in [5.41, 5.74) is 0. The van der Waals surface area contributed by atoms with Crippen LogP contribution in [0.5, 0.6) is 0 Å². The minimum Gasteiger partial charge on any atom is -0.334 e. The second kappa shape index (κ2) is 8.88. The molecule has 0 spiro atoms. The maximum Gasteiger partial charge on any atom is 0.237 e. The highest BCUT2D eigenvalue weighted by atomic mass is 16.2. The maximum atomic E-state index is 12.2. The molecule has 0 radical (unpaired) electrons. The number of carbonyl (C=O) groups excluding carboxylic acids is 1. The van der Waals surface area contributed by atoms with E-state index in [0.717, 1.165) is 25.6 Å². The number of hydrogen-bond acceptors (Lipinski definition) is 3. The Kier molecular flexibility index (Phi) is 7.45. The Labute approximate surface area is 117 Å². The average Bonchev–Trinajstić information content (AvgIpc) is 2.41. The van der Waals surface area contributed by atoms with Crippen LogP contribution in [0.1, 0.15) is 12.8 Å². The minimum atomic E-state index is 0.173. The van der Waals surface area contributed by atoms with Crippen molar-refractivity contribution >= 4 is 5.91 Å². The zero-order valence-corrected chi connectivity index (χ0v) is 12.1. The molecule has 1 aliphatic heterocycles. The van der Waals surface area contributed by atoms with E-state index in [9.17, 15) is 4.79 Å². The molecule has 4 heteroatoms. The third-order valence-corrected chi connectivity index (χ3v) is 3.61. The normalized spacial score (nSPS) is 17.1. The third-order valence-electron chi connectivity index (χ3n) is 3.61. The van der Waals surface area contributed by atoms with Gasteiger partial charge in [0.2, 0.25) is 5.91 Å². The number of amides is 1. The van der Waals surface area contributed by atoms with Gasteiger partial charge >= 0.3 is 0 Å². The van der Waals surface area contributed by atoms with E-state index in [1.165, 1.54) is 12.8 Å². The van der Waals surface area contributed by atoms with Crippen LogP contribution in [0.25, 0.3) is 0 Å². The fourth-order valence-corrected chi connectivity index (χ4v) is 2.52. The van der Waals surface area contributed by atoms with Crippen molar-refractivity contribution in [2.45, 2.75) is 12.8 Å². The van der Waals surface area contributed by atoms with E-state index in [4.69, 9.17) is 0 Å². The smallest absolute Gasteiger partial charge is 0.237 e. The van der Waals surface area contributed by atoms with E-state index in [-0.39, 0.29) is 5.91 Å². The van der Waals surface area contributed by atoms with Crippen molar-refractivity contribution < 1.29 is 4.79 Å². The largest absolute Gasteiger partial charge is 0.334 e. The SMILES string of the molecule is C=CCN(CC=C)C(=O)CN1CCC(CNC)CC1. The van der Waals surface area contributed by atoms with Crippen molar-refractivity contribution in [2.75, 3.05) is 46.3 Å². The quantitative estimate of drug-likeness (QED) is 0.668. The lowest BCUT2D eigenvalue weighted by Crippen LogP contribution is -2.44. The van der Waals surface area contributed by atoms with Crippen LogP contribution >= 0.6 is 0 Å². The van der Waals surface area contributed by atoms with Crippen LogP contribution < -0.4 is 5.32 Å². The van der Waals surface area contributed by atoms with Gasteiger partial charge in [-0.15, -0.1) is 13.2 Å². The van der Waals surface area contributed by atoms with E-state index < -0.39 is 0 Å². The summed E-state index contributed by atoms with van der Waals surface area (Å²) in [7, 11) is 2.00. The van der Waals surface area contributed by atoms with E-state index in [1.807, 2.05) is 7.05 Å². The predicted molar refractivity (Wildman–Crippen MR) is 80.1 cm³/mol. The Morgan fingerprint density at radius 2 is 1.89 bits per heavy atom. The molecule has 108 valence electrons. The van der Waals surface area contributed by atoms with Gasteiger partial charge in [-0.1, -0.05) is 12.2 Å². The first-order valence-electron chi connectivity index (χ1n) is 7.07. The number of likely N-dealkylation sites (tertiary alicyclic amines) is 1. The summed E-state index contributed by atoms with van der Waals surface area (Å²) < 4.78 is 0. The van der Waals surface area contributed by atoms with E-state index in [1.54, 1.807) is 17.1 Å². The molecule has 1 rings (SSSR count). The molecule has 0 aliphatic carbocycles. The fourth-order valence-electron chi connectivity index (χ4n) is 2.52. The van der Waals surface area contributed by atoms with Crippen molar-refractivity contribution in [2.24, 2.45) is 5.92 Å². The molecule has 19 heavy (non-hydrogen) atoms. The second-order valence-corrected chi connectivity index (χ2v) is 5.15. The zero-order chi connectivity index (χ0) is 14.1. The molecule has 0 atom stereocenters. The van der Waals surface area contributed by atoms with Gasteiger partial charge in [0.1, 0.15) is 0 Å². The van der Waals surface area contributed by atoms with Crippen LogP contribution in [0.3, 0.4) is 0 Å². The molecule has 1 N–H and O–H groups in total. The highest BCUT2D eigenvalue weighted by Crippen LogP contribution is 2.16. The van der Waals surface area contributed by atoms with Gasteiger partial charge in [-0.25, -0.2) is 0 Å². The molecule has 0 aromatic rings. The highest BCUT2D eigenvalue weighted by Gasteiger charge is 2.21. The Morgan fingerprint density at radius 3 is 2.37 bits per heavy atom. The monoisotopic (exact) mass is 265 g/mol. The first-order chi connectivity index (χ1) is 9.21. The van der Waals surface area contributed by atoms with E-state index in [0.29, 0.717) is 19.6 Å². The fraction of sp³-hybridized carbons (Fsp3) is 0.667. The summed E-state index contributed by atoms with van der Waals surface area (Å²) in [6.45, 7) is 12.2. The highest BCUT2D eigenvalue weighted by molar-refractivity contribution is 5.78. The zero-order valence-electron chi connectivity index (χ0n) is 12.1. The summed E-state index contributed by atoms with van der Waals surface area (Å²) in [6.07, 6.45) is 5.88. The molecule has 0 bridgehead atoms. The number of carbonyl (C=O) groups is 1. The van der Waals surface area contributed by atoms with Crippen molar-refractivity contribution in [1.82, 2.24) is 15.1 Å². The molecule has 1 amide bonds. The van der Waals surface area contributed by atoms with Gasteiger partial charge in [0.05, 0.1) is 6.54 Å². The predicted octanol–water partition coefficient (Wildman–Crippen LogP) is 1.12. The Bertz CT molecular complexity index is 286. The Morgan fingerprint density at radius 1 is 1.32 bits per heavy atom. The number of hydrogen-bond donors (Lipinski definition) is 1. The second-order valence-electron chi connectivity index (χ2n) is 5.15. The number of rotatable bonds is 8. The first kappa shape index (κ1) is 15.9. The van der Waals surface area contributed by atoms with Crippen LogP contribution in [0, 0.1) is 5.92 Å². The van der Waals surface area contributed by atoms with Gasteiger partial charge in [-0.05, 0) is 45.4 Å². The van der Waals surface area contributed by atoms with Crippen LogP contribution in [-0.2, 0) is 4.79 Å². The lowest BCUT2D eigenvalue weighted by Gasteiger charge is -2.32. The van der Waals surface area contributed by atoms with Crippen molar-refractivity contribution in [3.05, 3.63) is 25.3 Å². The van der Waals surface area contributed by atoms with Gasteiger partial charge in [0.15, 0.2) is 0 Å². The molecular weight excluding hydrogens is 238 g/mol. The molecule has 1 aliphatic rings. The molecule has 0 aromatic heterocycles. The minimum absolute atomic E-state index is 0.173. The van der Waals surface area contributed by atoms with E-state index >= 15 is 0 Å². The van der Waals surface area contributed by atoms with Gasteiger partial charge in [-0.3, -0.25) is 9.69 Å². The summed E-state index contributed by atoms with van der Waals surface area (Å²) in [5.74, 6) is 0.931. The summed E-state index contributed by atoms with van der Waals surface area (Å²) >= 11 is 0. The molecule has 4 nitrogen and oxygen atoms in total. The lowest BCUT2D eigenvalue weighted by atomic mass is 9.97. The Balaban J connectivity index is 2.36. The third kappa shape index (κ3) is 5.57. The summed E-state index contributed by atoms with van der Waals surface area (Å²) in [5, 5.41) is 3.23. The van der Waals surface area contributed by atoms with Gasteiger partial charge in [-0.2, -0.15) is 0 Å². The lowest BCUT2D eigenvalue weighted by molar-refractivity contribution is -0.131. The van der Waals surface area contributed by atoms with Crippen LogP contribution in [0.4, 0.5) is 0 Å². The average molecular weight is 265 g/mol. The summed E-state index contributed by atoms with van der Waals surface area (Å²) in [4.78, 5) is 16.2. The van der Waals surface area contributed by atoms with Crippen LogP contribution in [0.15, 0.2) is 25.3 Å². The first-order valence-corrected chi connectivity index (χ1v) is 7.07. The van der Waals surface area contributed by atoms with Gasteiger partial charge in [0.25, 0.3) is 0 Å². The van der Waals surface area contributed by atoms with Gasteiger partial charge in [0, 0.05) is 13.1 Å². The number of piperidine rings is 1. The molecule has 0 aromatic carbocycles. The maximum absolute atomic E-state index is 12.2. The molecule has 1 fully saturated rings. The molecule has 1 saturated heterocycles. The summed E-state index contributed by atoms with van der Waals surface area (Å²) in [6, 6.07) is 0. The Hall–Kier alpha value is -1.13. The van der Waals surface area contributed by atoms with E-state index in [2.05, 4.69) is 23.4 Å². The van der Waals surface area contributed by atoms with Crippen LogP contribution in [-0.4, -0.2) is 62.0 Å². The van der Waals surface area contributed by atoms with Gasteiger partial charge < -0.3 is 10.2 Å². The standard InChI is InChI=1S/C15H27N3O/c1-4-8-18(9-5-2)15(19)13-17-10-6-14(7-11-17)12-16-3/h4-5,14,16H,1-2,6-13H2,3H3. The molecular formula is C15H27N3O. The molecule has 0 saturated carbocycles. The molecule has 1 heterocycles.